The number of likely N-dealkylation sites (tertiary alicyclic amines) is 1. The minimum absolute atomic E-state index is 0.0971. The van der Waals surface area contributed by atoms with Crippen LogP contribution in [0.5, 0.6) is 0 Å². The molecule has 0 unspecified atom stereocenters. The first-order valence-corrected chi connectivity index (χ1v) is 8.24. The Morgan fingerprint density at radius 2 is 1.88 bits per heavy atom. The number of pyridine rings is 1. The second kappa shape index (κ2) is 7.70. The highest BCUT2D eigenvalue weighted by Gasteiger charge is 2.18. The Kier molecular flexibility index (Phi) is 5.37. The van der Waals surface area contributed by atoms with Crippen LogP contribution in [0.3, 0.4) is 0 Å². The number of nitrogens with one attached hydrogen (secondary N) is 1. The molecule has 0 radical (unpaired) electrons. The van der Waals surface area contributed by atoms with E-state index < -0.39 is 17.5 Å². The van der Waals surface area contributed by atoms with E-state index in [0.29, 0.717) is 24.5 Å². The molecule has 0 saturated carbocycles. The van der Waals surface area contributed by atoms with Crippen LogP contribution >= 0.6 is 0 Å². The largest absolute Gasteiger partial charge is 0.306 e. The average Bonchev–Trinajstić information content (AvgIpc) is 2.62. The molecule has 0 atom stereocenters. The Labute approximate surface area is 149 Å². The number of benzene rings is 1. The van der Waals surface area contributed by atoms with Crippen molar-refractivity contribution >= 4 is 17.6 Å². The molecule has 3 rings (SSSR count). The topological polar surface area (TPSA) is 45.2 Å². The molecule has 1 aromatic heterocycles. The first-order chi connectivity index (χ1) is 12.4. The first-order valence-electron chi connectivity index (χ1n) is 8.24. The minimum atomic E-state index is -0.974. The van der Waals surface area contributed by atoms with E-state index in [1.54, 1.807) is 6.07 Å². The number of anilines is 1. The molecule has 7 heteroatoms. The van der Waals surface area contributed by atoms with Crippen molar-refractivity contribution in [3.05, 3.63) is 64.9 Å². The van der Waals surface area contributed by atoms with Gasteiger partial charge in [-0.3, -0.25) is 4.79 Å². The van der Waals surface area contributed by atoms with E-state index >= 15 is 0 Å². The first kappa shape index (κ1) is 18.1. The minimum Gasteiger partial charge on any atom is -0.306 e. The summed E-state index contributed by atoms with van der Waals surface area (Å²) >= 11 is 0. The fourth-order valence-electron chi connectivity index (χ4n) is 2.77. The van der Waals surface area contributed by atoms with Crippen molar-refractivity contribution < 1.29 is 18.0 Å². The lowest BCUT2D eigenvalue weighted by molar-refractivity contribution is 0.102. The maximum atomic E-state index is 14.7. The van der Waals surface area contributed by atoms with Crippen molar-refractivity contribution in [3.8, 4) is 0 Å². The average molecular weight is 361 g/mol. The number of amides is 1. The highest BCUT2D eigenvalue weighted by Crippen LogP contribution is 2.27. The molecule has 1 amide bonds. The zero-order valence-electron chi connectivity index (χ0n) is 14.2. The molecule has 136 valence electrons. The van der Waals surface area contributed by atoms with Crippen molar-refractivity contribution in [1.82, 2.24) is 9.88 Å². The van der Waals surface area contributed by atoms with Crippen LogP contribution in [0.15, 0.2) is 42.0 Å². The van der Waals surface area contributed by atoms with Crippen molar-refractivity contribution in [1.29, 1.82) is 0 Å². The molecule has 0 aliphatic carbocycles. The number of rotatable bonds is 3. The summed E-state index contributed by atoms with van der Waals surface area (Å²) < 4.78 is 41.3. The van der Waals surface area contributed by atoms with E-state index in [-0.39, 0.29) is 22.9 Å². The summed E-state index contributed by atoms with van der Waals surface area (Å²) in [6.45, 7) is 1.56. The predicted molar refractivity (Wildman–Crippen MR) is 93.3 cm³/mol. The van der Waals surface area contributed by atoms with Gasteiger partial charge in [0.15, 0.2) is 0 Å². The van der Waals surface area contributed by atoms with Gasteiger partial charge in [0, 0.05) is 19.2 Å². The summed E-state index contributed by atoms with van der Waals surface area (Å²) in [5, 5.41) is 2.41. The lowest BCUT2D eigenvalue weighted by Gasteiger charge is -2.24. The second-order valence-corrected chi connectivity index (χ2v) is 6.21. The second-order valence-electron chi connectivity index (χ2n) is 6.21. The molecule has 0 bridgehead atoms. The Morgan fingerprint density at radius 3 is 2.58 bits per heavy atom. The molecule has 0 spiro atoms. The third-order valence-corrected chi connectivity index (χ3v) is 4.29. The molecular weight excluding hydrogens is 343 g/mol. The fourth-order valence-corrected chi connectivity index (χ4v) is 2.77. The standard InChI is InChI=1S/C19H18F3N3O/c1-25-9-7-12(8-10-25)18(22)16-3-2-4-17(23-16)24-19(26)14-6-5-13(20)11-15(14)21/h2-6,11H,7-10H2,1H3,(H,23,24,26). The van der Waals surface area contributed by atoms with Gasteiger partial charge in [0.1, 0.15) is 29.0 Å². The number of halogens is 3. The van der Waals surface area contributed by atoms with E-state index in [4.69, 9.17) is 0 Å². The maximum absolute atomic E-state index is 14.7. The summed E-state index contributed by atoms with van der Waals surface area (Å²) in [5.74, 6) is -2.81. The van der Waals surface area contributed by atoms with Gasteiger partial charge in [-0.2, -0.15) is 0 Å². The lowest BCUT2D eigenvalue weighted by Crippen LogP contribution is -2.26. The van der Waals surface area contributed by atoms with Gasteiger partial charge in [-0.1, -0.05) is 6.07 Å². The van der Waals surface area contributed by atoms with Crippen molar-refractivity contribution in [2.75, 3.05) is 25.5 Å². The number of hydrogen-bond acceptors (Lipinski definition) is 3. The molecule has 26 heavy (non-hydrogen) atoms. The number of piperidine rings is 1. The highest BCUT2D eigenvalue weighted by molar-refractivity contribution is 6.04. The zero-order chi connectivity index (χ0) is 18.7. The Hall–Kier alpha value is -2.67. The highest BCUT2D eigenvalue weighted by atomic mass is 19.1. The number of aromatic nitrogens is 1. The molecule has 1 aromatic carbocycles. The van der Waals surface area contributed by atoms with Gasteiger partial charge in [-0.05, 0) is 49.7 Å². The van der Waals surface area contributed by atoms with Crippen molar-refractivity contribution in [2.24, 2.45) is 0 Å². The Balaban J connectivity index is 1.79. The third-order valence-electron chi connectivity index (χ3n) is 4.29. The van der Waals surface area contributed by atoms with Gasteiger partial charge in [0.05, 0.1) is 5.56 Å². The van der Waals surface area contributed by atoms with Crippen LogP contribution in [0.25, 0.3) is 5.83 Å². The van der Waals surface area contributed by atoms with Gasteiger partial charge in [-0.25, -0.2) is 18.2 Å². The molecular formula is C19H18F3N3O. The predicted octanol–water partition coefficient (Wildman–Crippen LogP) is 4.02. The van der Waals surface area contributed by atoms with E-state index in [0.717, 1.165) is 25.2 Å². The third kappa shape index (κ3) is 4.11. The quantitative estimate of drug-likeness (QED) is 0.898. The monoisotopic (exact) mass is 361 g/mol. The summed E-state index contributed by atoms with van der Waals surface area (Å²) in [6, 6.07) is 7.23. The van der Waals surface area contributed by atoms with Crippen LogP contribution in [0.2, 0.25) is 0 Å². The van der Waals surface area contributed by atoms with E-state index in [9.17, 15) is 18.0 Å². The van der Waals surface area contributed by atoms with Gasteiger partial charge in [0.2, 0.25) is 0 Å². The van der Waals surface area contributed by atoms with Crippen LogP contribution in [-0.4, -0.2) is 35.9 Å². The smallest absolute Gasteiger partial charge is 0.259 e. The SMILES string of the molecule is CN1CCC(=C(F)c2cccc(NC(=O)c3ccc(F)cc3F)n2)CC1. The summed E-state index contributed by atoms with van der Waals surface area (Å²) in [7, 11) is 1.98. The molecule has 1 aliphatic heterocycles. The normalized spacial score (nSPS) is 15.0. The summed E-state index contributed by atoms with van der Waals surface area (Å²) in [4.78, 5) is 18.4. The fraction of sp³-hybridized carbons (Fsp3) is 0.263. The Bertz CT molecular complexity index is 857. The zero-order valence-corrected chi connectivity index (χ0v) is 14.2. The molecule has 1 saturated heterocycles. The molecule has 1 aliphatic rings. The van der Waals surface area contributed by atoms with Gasteiger partial charge in [0.25, 0.3) is 5.91 Å². The summed E-state index contributed by atoms with van der Waals surface area (Å²) in [5.41, 5.74) is 0.512. The van der Waals surface area contributed by atoms with Crippen LogP contribution in [-0.2, 0) is 0 Å². The van der Waals surface area contributed by atoms with Crippen molar-refractivity contribution in [2.45, 2.75) is 12.8 Å². The van der Waals surface area contributed by atoms with E-state index in [1.807, 2.05) is 7.05 Å². The van der Waals surface area contributed by atoms with Crippen LogP contribution in [0, 0.1) is 11.6 Å². The van der Waals surface area contributed by atoms with Crippen LogP contribution < -0.4 is 5.32 Å². The molecule has 1 fully saturated rings. The van der Waals surface area contributed by atoms with Crippen LogP contribution in [0.1, 0.15) is 28.9 Å². The lowest BCUT2D eigenvalue weighted by atomic mass is 10.0. The summed E-state index contributed by atoms with van der Waals surface area (Å²) in [6.07, 6.45) is 1.25. The number of carbonyl (C=O) groups is 1. The van der Waals surface area contributed by atoms with Crippen LogP contribution in [0.4, 0.5) is 19.0 Å². The number of nitrogens with zero attached hydrogens (tertiary/aromatic N) is 2. The molecule has 4 nitrogen and oxygen atoms in total. The van der Waals surface area contributed by atoms with E-state index in [1.165, 1.54) is 12.1 Å². The molecule has 2 heterocycles. The molecule has 1 N–H and O–H groups in total. The van der Waals surface area contributed by atoms with Crippen molar-refractivity contribution in [3.63, 3.8) is 0 Å². The molecule has 2 aromatic rings. The maximum Gasteiger partial charge on any atom is 0.259 e. The van der Waals surface area contributed by atoms with E-state index in [2.05, 4.69) is 15.2 Å². The Morgan fingerprint density at radius 1 is 1.15 bits per heavy atom. The van der Waals surface area contributed by atoms with Gasteiger partial charge < -0.3 is 10.2 Å². The number of carbonyl (C=O) groups excluding carboxylic acids is 1. The van der Waals surface area contributed by atoms with Gasteiger partial charge >= 0.3 is 0 Å². The van der Waals surface area contributed by atoms with Gasteiger partial charge in [-0.15, -0.1) is 0 Å². The number of hydrogen-bond donors (Lipinski definition) is 1.